The van der Waals surface area contributed by atoms with Gasteiger partial charge in [-0.1, -0.05) is 54.6 Å². The third-order valence-electron chi connectivity index (χ3n) is 3.58. The van der Waals surface area contributed by atoms with E-state index in [9.17, 15) is 14.4 Å². The van der Waals surface area contributed by atoms with E-state index in [1.54, 1.807) is 0 Å². The third kappa shape index (κ3) is 3.17. The fourth-order valence-electron chi connectivity index (χ4n) is 2.42. The molecular formula is C18H14N2O4. The Balaban J connectivity index is 1.81. The van der Waals surface area contributed by atoms with Crippen LogP contribution in [0.2, 0.25) is 0 Å². The Bertz CT molecular complexity index is 826. The molecule has 1 aliphatic heterocycles. The first-order valence-corrected chi connectivity index (χ1v) is 7.26. The number of carboxylic acids is 1. The molecule has 2 N–H and O–H groups in total. The van der Waals surface area contributed by atoms with Crippen LogP contribution in [0.3, 0.4) is 0 Å². The number of carbonyl (C=O) groups excluding carboxylic acids is 2. The van der Waals surface area contributed by atoms with Crippen molar-refractivity contribution in [2.45, 2.75) is 0 Å². The Hall–Kier alpha value is -3.41. The van der Waals surface area contributed by atoms with Gasteiger partial charge in [-0.3, -0.25) is 9.59 Å². The minimum Gasteiger partial charge on any atom is -0.480 e. The van der Waals surface area contributed by atoms with Crippen LogP contribution in [0.1, 0.15) is 5.56 Å². The molecule has 0 spiro atoms. The smallest absolute Gasteiger partial charge is 0.329 e. The van der Waals surface area contributed by atoms with Crippen molar-refractivity contribution in [2.75, 3.05) is 6.54 Å². The van der Waals surface area contributed by atoms with Crippen molar-refractivity contribution < 1.29 is 19.5 Å². The van der Waals surface area contributed by atoms with Crippen molar-refractivity contribution >= 4 is 24.0 Å². The van der Waals surface area contributed by atoms with Crippen LogP contribution in [0, 0.1) is 0 Å². The molecule has 0 atom stereocenters. The van der Waals surface area contributed by atoms with Gasteiger partial charge in [0.2, 0.25) is 0 Å². The van der Waals surface area contributed by atoms with Crippen molar-refractivity contribution in [3.8, 4) is 11.1 Å². The number of nitrogens with one attached hydrogen (secondary N) is 1. The second-order valence-corrected chi connectivity index (χ2v) is 5.26. The summed E-state index contributed by atoms with van der Waals surface area (Å²) < 4.78 is 0. The van der Waals surface area contributed by atoms with E-state index in [1.165, 1.54) is 6.08 Å². The number of urea groups is 1. The summed E-state index contributed by atoms with van der Waals surface area (Å²) in [5.41, 5.74) is 2.91. The second kappa shape index (κ2) is 6.37. The molecule has 0 aliphatic carbocycles. The number of imide groups is 1. The van der Waals surface area contributed by atoms with E-state index in [2.05, 4.69) is 5.32 Å². The van der Waals surface area contributed by atoms with E-state index in [1.807, 2.05) is 54.6 Å². The summed E-state index contributed by atoms with van der Waals surface area (Å²) in [6.45, 7) is -0.658. The Kier molecular flexibility index (Phi) is 4.11. The molecule has 6 nitrogen and oxygen atoms in total. The average Bonchev–Trinajstić information content (AvgIpc) is 2.83. The van der Waals surface area contributed by atoms with Gasteiger partial charge < -0.3 is 10.4 Å². The molecule has 2 aromatic rings. The highest BCUT2D eigenvalue weighted by atomic mass is 16.4. The summed E-state index contributed by atoms with van der Waals surface area (Å²) in [7, 11) is 0. The number of hydrogen-bond acceptors (Lipinski definition) is 3. The Morgan fingerprint density at radius 1 is 1.00 bits per heavy atom. The Labute approximate surface area is 138 Å². The van der Waals surface area contributed by atoms with Crippen molar-refractivity contribution in [3.05, 3.63) is 65.9 Å². The van der Waals surface area contributed by atoms with Gasteiger partial charge in [0.25, 0.3) is 5.91 Å². The lowest BCUT2D eigenvalue weighted by Gasteiger charge is -2.06. The summed E-state index contributed by atoms with van der Waals surface area (Å²) in [5, 5.41) is 11.1. The molecule has 0 aromatic heterocycles. The van der Waals surface area contributed by atoms with Crippen molar-refractivity contribution in [1.82, 2.24) is 10.2 Å². The predicted octanol–water partition coefficient (Wildman–Crippen LogP) is 2.33. The first kappa shape index (κ1) is 15.5. The van der Waals surface area contributed by atoms with Gasteiger partial charge in [0, 0.05) is 0 Å². The molecule has 0 saturated carbocycles. The van der Waals surface area contributed by atoms with Crippen LogP contribution >= 0.6 is 0 Å². The van der Waals surface area contributed by atoms with Crippen LogP contribution in [0.25, 0.3) is 17.2 Å². The van der Waals surface area contributed by atoms with Crippen LogP contribution in [-0.4, -0.2) is 34.5 Å². The fourth-order valence-corrected chi connectivity index (χ4v) is 2.42. The van der Waals surface area contributed by atoms with Gasteiger partial charge in [0.05, 0.1) is 0 Å². The van der Waals surface area contributed by atoms with Gasteiger partial charge in [0.15, 0.2) is 0 Å². The number of amides is 3. The Morgan fingerprint density at radius 3 is 2.25 bits per heavy atom. The normalized spacial score (nSPS) is 15.7. The lowest BCUT2D eigenvalue weighted by molar-refractivity contribution is -0.140. The minimum absolute atomic E-state index is 0.0636. The average molecular weight is 322 g/mol. The molecule has 3 amide bonds. The van der Waals surface area contributed by atoms with Crippen molar-refractivity contribution in [2.24, 2.45) is 0 Å². The van der Waals surface area contributed by atoms with E-state index in [-0.39, 0.29) is 5.70 Å². The zero-order valence-corrected chi connectivity index (χ0v) is 12.6. The molecule has 3 rings (SSSR count). The fraction of sp³-hybridized carbons (Fsp3) is 0.0556. The van der Waals surface area contributed by atoms with Crippen molar-refractivity contribution in [3.63, 3.8) is 0 Å². The van der Waals surface area contributed by atoms with Crippen LogP contribution in [0.5, 0.6) is 0 Å². The number of rotatable bonds is 4. The predicted molar refractivity (Wildman–Crippen MR) is 87.7 cm³/mol. The molecule has 1 heterocycles. The summed E-state index contributed by atoms with van der Waals surface area (Å²) in [6, 6.07) is 16.6. The van der Waals surface area contributed by atoms with Gasteiger partial charge >= 0.3 is 12.0 Å². The maximum atomic E-state index is 12.1. The quantitative estimate of drug-likeness (QED) is 0.668. The molecule has 0 radical (unpaired) electrons. The highest BCUT2D eigenvalue weighted by Crippen LogP contribution is 2.21. The standard InChI is InChI=1S/C18H14N2O4/c21-16(22)11-20-17(23)15(19-18(20)24)10-12-6-8-14(9-7-12)13-4-2-1-3-5-13/h1-10H,11H2,(H,19,24)(H,21,22)/b15-10+. The maximum Gasteiger partial charge on any atom is 0.329 e. The molecule has 1 saturated heterocycles. The minimum atomic E-state index is -1.24. The molecule has 6 heteroatoms. The van der Waals surface area contributed by atoms with E-state index in [0.717, 1.165) is 16.7 Å². The van der Waals surface area contributed by atoms with Crippen molar-refractivity contribution in [1.29, 1.82) is 0 Å². The largest absolute Gasteiger partial charge is 0.480 e. The zero-order chi connectivity index (χ0) is 17.1. The van der Waals surface area contributed by atoms with Gasteiger partial charge in [-0.15, -0.1) is 0 Å². The van der Waals surface area contributed by atoms with Gasteiger partial charge in [-0.2, -0.15) is 0 Å². The summed E-state index contributed by atoms with van der Waals surface area (Å²) in [4.78, 5) is 35.1. The number of nitrogens with zero attached hydrogens (tertiary/aromatic N) is 1. The van der Waals surface area contributed by atoms with E-state index >= 15 is 0 Å². The van der Waals surface area contributed by atoms with E-state index < -0.39 is 24.5 Å². The topological polar surface area (TPSA) is 86.7 Å². The number of carboxylic acid groups (broad SMARTS) is 1. The van der Waals surface area contributed by atoms with Crippen LogP contribution in [0.4, 0.5) is 4.79 Å². The Morgan fingerprint density at radius 2 is 1.62 bits per heavy atom. The maximum absolute atomic E-state index is 12.1. The zero-order valence-electron chi connectivity index (χ0n) is 12.6. The number of hydrogen-bond donors (Lipinski definition) is 2. The molecule has 2 aromatic carbocycles. The lowest BCUT2D eigenvalue weighted by Crippen LogP contribution is -2.35. The lowest BCUT2D eigenvalue weighted by atomic mass is 10.0. The first-order valence-electron chi connectivity index (χ1n) is 7.26. The van der Waals surface area contributed by atoms with Crippen LogP contribution in [-0.2, 0) is 9.59 Å². The van der Waals surface area contributed by atoms with E-state index in [4.69, 9.17) is 5.11 Å². The van der Waals surface area contributed by atoms with E-state index in [0.29, 0.717) is 4.90 Å². The molecule has 1 aliphatic rings. The summed E-state index contributed by atoms with van der Waals surface area (Å²) >= 11 is 0. The van der Waals surface area contributed by atoms with Gasteiger partial charge in [-0.25, -0.2) is 9.69 Å². The molecule has 0 unspecified atom stereocenters. The molecule has 1 fully saturated rings. The van der Waals surface area contributed by atoms with Gasteiger partial charge in [0.1, 0.15) is 12.2 Å². The molecular weight excluding hydrogens is 308 g/mol. The van der Waals surface area contributed by atoms with Crippen LogP contribution < -0.4 is 5.32 Å². The second-order valence-electron chi connectivity index (χ2n) is 5.26. The van der Waals surface area contributed by atoms with Crippen LogP contribution in [0.15, 0.2) is 60.3 Å². The monoisotopic (exact) mass is 322 g/mol. The summed E-state index contributed by atoms with van der Waals surface area (Å²) in [6.07, 6.45) is 1.52. The first-order chi connectivity index (χ1) is 11.5. The third-order valence-corrected chi connectivity index (χ3v) is 3.58. The molecule has 120 valence electrons. The highest BCUT2D eigenvalue weighted by molar-refractivity contribution is 6.15. The van der Waals surface area contributed by atoms with Gasteiger partial charge in [-0.05, 0) is 22.8 Å². The number of carbonyl (C=O) groups is 3. The number of benzene rings is 2. The highest BCUT2D eigenvalue weighted by Gasteiger charge is 2.34. The number of aliphatic carboxylic acids is 1. The summed E-state index contributed by atoms with van der Waals surface area (Å²) in [5.74, 6) is -1.89. The molecule has 24 heavy (non-hydrogen) atoms. The SMILES string of the molecule is O=C(O)CN1C(=O)N/C(=C/c2ccc(-c3ccccc3)cc2)C1=O. The molecule has 0 bridgehead atoms.